The number of carbonyl (C=O) groups is 2. The number of aliphatic hydroxyl groups excluding tert-OH is 7. The van der Waals surface area contributed by atoms with E-state index in [2.05, 4.69) is 26.0 Å². The fourth-order valence-corrected chi connectivity index (χ4v) is 5.91. The molecule has 0 spiro atoms. The number of allylic oxidation sites excluding steroid dienone is 2. The molecule has 0 aromatic carbocycles. The van der Waals surface area contributed by atoms with Crippen LogP contribution in [0.3, 0.4) is 0 Å². The van der Waals surface area contributed by atoms with Gasteiger partial charge < -0.3 is 64.2 Å². The number of esters is 2. The Bertz CT molecular complexity index is 981. The predicted molar refractivity (Wildman–Crippen MR) is 188 cm³/mol. The van der Waals surface area contributed by atoms with Gasteiger partial charge in [-0.1, -0.05) is 77.4 Å². The van der Waals surface area contributed by atoms with Crippen LogP contribution in [0.1, 0.15) is 117 Å². The highest BCUT2D eigenvalue weighted by Crippen LogP contribution is 2.26. The fourth-order valence-electron chi connectivity index (χ4n) is 5.91. The lowest BCUT2D eigenvalue weighted by Crippen LogP contribution is -2.61. The van der Waals surface area contributed by atoms with Gasteiger partial charge in [-0.05, 0) is 38.5 Å². The molecule has 0 saturated carbocycles. The van der Waals surface area contributed by atoms with Crippen LogP contribution in [0.4, 0.5) is 0 Å². The highest BCUT2D eigenvalue weighted by atomic mass is 16.7. The molecule has 0 aromatic heterocycles. The number of hydrogen-bond donors (Lipinski definition) is 7. The van der Waals surface area contributed by atoms with Gasteiger partial charge >= 0.3 is 11.9 Å². The fraction of sp³-hybridized carbons (Fsp3) is 0.892. The van der Waals surface area contributed by atoms with Crippen molar-refractivity contribution in [2.75, 3.05) is 26.4 Å². The molecule has 0 radical (unpaired) electrons. The van der Waals surface area contributed by atoms with E-state index in [0.29, 0.717) is 12.8 Å². The van der Waals surface area contributed by atoms with Crippen LogP contribution in [0.2, 0.25) is 0 Å². The van der Waals surface area contributed by atoms with E-state index in [1.54, 1.807) is 0 Å². The molecule has 304 valence electrons. The van der Waals surface area contributed by atoms with Crippen molar-refractivity contribution < 1.29 is 73.8 Å². The molecule has 7 N–H and O–H groups in total. The van der Waals surface area contributed by atoms with Crippen molar-refractivity contribution in [3.8, 4) is 0 Å². The maximum atomic E-state index is 12.8. The van der Waals surface area contributed by atoms with Gasteiger partial charge in [0.1, 0.15) is 55.4 Å². The zero-order valence-corrected chi connectivity index (χ0v) is 31.0. The van der Waals surface area contributed by atoms with Crippen LogP contribution in [0.5, 0.6) is 0 Å². The normalized spacial score (nSPS) is 30.0. The Balaban J connectivity index is 1.89. The largest absolute Gasteiger partial charge is 0.462 e. The third kappa shape index (κ3) is 17.1. The second kappa shape index (κ2) is 26.9. The van der Waals surface area contributed by atoms with Crippen LogP contribution in [0.25, 0.3) is 0 Å². The Hall–Kier alpha value is -1.76. The molecule has 0 bridgehead atoms. The monoisotopic (exact) mass is 750 g/mol. The Morgan fingerprint density at radius 1 is 0.596 bits per heavy atom. The van der Waals surface area contributed by atoms with Crippen molar-refractivity contribution >= 4 is 11.9 Å². The summed E-state index contributed by atoms with van der Waals surface area (Å²) >= 11 is 0. The quantitative estimate of drug-likeness (QED) is 0.0361. The zero-order valence-electron chi connectivity index (χ0n) is 31.0. The summed E-state index contributed by atoms with van der Waals surface area (Å²) in [4.78, 5) is 25.1. The summed E-state index contributed by atoms with van der Waals surface area (Å²) in [7, 11) is 0. The standard InChI is InChI=1S/C37H66O15/c1-3-5-7-9-10-11-12-13-14-15-16-18-20-29(40)50-25(22-47-28(39)19-17-8-6-4-2)23-48-36-35(46)33(44)31(42)27(52-36)24-49-37-34(45)32(43)30(41)26(21-38)51-37/h10-11,25-27,30-38,41-46H,3-9,12-24H2,1-2H3/b11-10-. The van der Waals surface area contributed by atoms with Gasteiger partial charge in [-0.25, -0.2) is 0 Å². The second-order valence-corrected chi connectivity index (χ2v) is 13.8. The first-order valence-corrected chi connectivity index (χ1v) is 19.3. The van der Waals surface area contributed by atoms with Gasteiger partial charge in [0.05, 0.1) is 19.8 Å². The lowest BCUT2D eigenvalue weighted by molar-refractivity contribution is -0.332. The lowest BCUT2D eigenvalue weighted by Gasteiger charge is -2.42. The number of unbranched alkanes of at least 4 members (excludes halogenated alkanes) is 11. The molecular weight excluding hydrogens is 684 g/mol. The van der Waals surface area contributed by atoms with E-state index >= 15 is 0 Å². The van der Waals surface area contributed by atoms with Gasteiger partial charge in [0, 0.05) is 12.8 Å². The van der Waals surface area contributed by atoms with Crippen LogP contribution in [0, 0.1) is 0 Å². The Morgan fingerprint density at radius 2 is 1.10 bits per heavy atom. The van der Waals surface area contributed by atoms with Gasteiger partial charge in [-0.2, -0.15) is 0 Å². The average molecular weight is 751 g/mol. The zero-order chi connectivity index (χ0) is 38.3. The molecule has 0 amide bonds. The first-order valence-electron chi connectivity index (χ1n) is 19.3. The lowest BCUT2D eigenvalue weighted by atomic mass is 9.98. The maximum absolute atomic E-state index is 12.8. The van der Waals surface area contributed by atoms with Gasteiger partial charge in [0.15, 0.2) is 18.7 Å². The van der Waals surface area contributed by atoms with Crippen LogP contribution >= 0.6 is 0 Å². The Kier molecular flexibility index (Phi) is 24.0. The van der Waals surface area contributed by atoms with E-state index in [0.717, 1.165) is 57.8 Å². The molecule has 52 heavy (non-hydrogen) atoms. The van der Waals surface area contributed by atoms with Crippen molar-refractivity contribution in [3.05, 3.63) is 12.2 Å². The van der Waals surface area contributed by atoms with E-state index in [1.165, 1.54) is 19.3 Å². The van der Waals surface area contributed by atoms with Crippen molar-refractivity contribution in [1.29, 1.82) is 0 Å². The molecule has 15 heteroatoms. The van der Waals surface area contributed by atoms with Crippen molar-refractivity contribution in [2.24, 2.45) is 0 Å². The summed E-state index contributed by atoms with van der Waals surface area (Å²) in [6, 6.07) is 0. The smallest absolute Gasteiger partial charge is 0.306 e. The van der Waals surface area contributed by atoms with Crippen LogP contribution < -0.4 is 0 Å². The minimum absolute atomic E-state index is 0.156. The van der Waals surface area contributed by atoms with Gasteiger partial charge in [-0.15, -0.1) is 0 Å². The molecule has 2 saturated heterocycles. The summed E-state index contributed by atoms with van der Waals surface area (Å²) in [5.74, 6) is -0.958. The molecule has 11 atom stereocenters. The van der Waals surface area contributed by atoms with Gasteiger partial charge in [0.25, 0.3) is 0 Å². The number of carbonyl (C=O) groups excluding carboxylic acids is 2. The van der Waals surface area contributed by atoms with Crippen LogP contribution in [-0.4, -0.2) is 142 Å². The maximum Gasteiger partial charge on any atom is 0.306 e. The molecule has 2 aliphatic heterocycles. The topological polar surface area (TPSA) is 231 Å². The molecule has 2 aliphatic rings. The predicted octanol–water partition coefficient (Wildman–Crippen LogP) is 1.92. The number of aliphatic hydroxyl groups is 7. The van der Waals surface area contributed by atoms with Crippen LogP contribution in [-0.2, 0) is 38.0 Å². The van der Waals surface area contributed by atoms with E-state index in [4.69, 9.17) is 28.4 Å². The van der Waals surface area contributed by atoms with Crippen molar-refractivity contribution in [2.45, 2.75) is 184 Å². The minimum Gasteiger partial charge on any atom is -0.462 e. The Morgan fingerprint density at radius 3 is 1.73 bits per heavy atom. The SMILES string of the molecule is CCCCC/C=C\CCCCCCCC(=O)OC(COC(=O)CCCCCC)COC1OC(COC2OC(CO)C(O)C(O)C2O)C(O)C(O)C1O. The second-order valence-electron chi connectivity index (χ2n) is 13.8. The molecule has 0 aromatic rings. The molecule has 2 rings (SSSR count). The Labute approximate surface area is 308 Å². The van der Waals surface area contributed by atoms with Crippen molar-refractivity contribution in [1.82, 2.24) is 0 Å². The number of ether oxygens (including phenoxy) is 6. The van der Waals surface area contributed by atoms with Crippen LogP contribution in [0.15, 0.2) is 12.2 Å². The number of rotatable bonds is 27. The molecule has 11 unspecified atom stereocenters. The molecule has 2 heterocycles. The summed E-state index contributed by atoms with van der Waals surface area (Å²) in [6.45, 7) is 2.36. The van der Waals surface area contributed by atoms with E-state index in [-0.39, 0.29) is 26.1 Å². The van der Waals surface area contributed by atoms with E-state index in [1.807, 2.05) is 0 Å². The third-order valence-electron chi connectivity index (χ3n) is 9.24. The third-order valence-corrected chi connectivity index (χ3v) is 9.24. The van der Waals surface area contributed by atoms with E-state index in [9.17, 15) is 45.3 Å². The highest BCUT2D eigenvalue weighted by Gasteiger charge is 2.47. The minimum atomic E-state index is -1.76. The first-order chi connectivity index (χ1) is 25.0. The highest BCUT2D eigenvalue weighted by molar-refractivity contribution is 5.70. The summed E-state index contributed by atoms with van der Waals surface area (Å²) < 4.78 is 33.1. The summed E-state index contributed by atoms with van der Waals surface area (Å²) in [5.41, 5.74) is 0. The molecule has 0 aliphatic carbocycles. The first kappa shape index (κ1) is 46.4. The molecule has 15 nitrogen and oxygen atoms in total. The summed E-state index contributed by atoms with van der Waals surface area (Å²) in [6.07, 6.45) is 2.09. The van der Waals surface area contributed by atoms with E-state index < -0.39 is 92.7 Å². The van der Waals surface area contributed by atoms with Gasteiger partial charge in [0.2, 0.25) is 0 Å². The average Bonchev–Trinajstić information content (AvgIpc) is 3.13. The van der Waals surface area contributed by atoms with Crippen molar-refractivity contribution in [3.63, 3.8) is 0 Å². The molecule has 2 fully saturated rings. The number of hydrogen-bond acceptors (Lipinski definition) is 15. The van der Waals surface area contributed by atoms with Gasteiger partial charge in [-0.3, -0.25) is 9.59 Å². The summed E-state index contributed by atoms with van der Waals surface area (Å²) in [5, 5.41) is 71.3. The molecular formula is C37H66O15.